The lowest BCUT2D eigenvalue weighted by atomic mass is 10.1. The third-order valence-corrected chi connectivity index (χ3v) is 3.82. The van der Waals surface area contributed by atoms with Crippen LogP contribution in [0.5, 0.6) is 11.6 Å². The van der Waals surface area contributed by atoms with Gasteiger partial charge in [-0.3, -0.25) is 14.5 Å². The fourth-order valence-corrected chi connectivity index (χ4v) is 2.55. The lowest BCUT2D eigenvalue weighted by molar-refractivity contribution is 0.111. The van der Waals surface area contributed by atoms with Gasteiger partial charge in [-0.15, -0.1) is 0 Å². The molecule has 0 saturated carbocycles. The van der Waals surface area contributed by atoms with Crippen LogP contribution in [-0.2, 0) is 13.2 Å². The van der Waals surface area contributed by atoms with Crippen LogP contribution in [0.25, 0.3) is 11.4 Å². The zero-order chi connectivity index (χ0) is 18.4. The summed E-state index contributed by atoms with van der Waals surface area (Å²) in [6, 6.07) is 7.25. The molecule has 26 heavy (non-hydrogen) atoms. The molecule has 0 radical (unpaired) electrons. The Labute approximate surface area is 151 Å². The predicted octanol–water partition coefficient (Wildman–Crippen LogP) is 3.15. The molecule has 0 aliphatic heterocycles. The molecule has 0 aliphatic rings. The van der Waals surface area contributed by atoms with Gasteiger partial charge in [-0.1, -0.05) is 13.0 Å². The van der Waals surface area contributed by atoms with Crippen molar-refractivity contribution in [2.45, 2.75) is 26.5 Å². The molecule has 0 aliphatic carbocycles. The van der Waals surface area contributed by atoms with Crippen molar-refractivity contribution in [2.75, 3.05) is 7.11 Å². The van der Waals surface area contributed by atoms with Crippen molar-refractivity contribution in [3.8, 4) is 23.0 Å². The first-order valence-corrected chi connectivity index (χ1v) is 8.35. The van der Waals surface area contributed by atoms with E-state index in [1.807, 2.05) is 29.1 Å². The molecule has 0 atom stereocenters. The monoisotopic (exact) mass is 352 g/mol. The Morgan fingerprint density at radius 2 is 2.15 bits per heavy atom. The van der Waals surface area contributed by atoms with E-state index in [4.69, 9.17) is 9.47 Å². The molecule has 0 amide bonds. The lowest BCUT2D eigenvalue weighted by Crippen LogP contribution is -2.03. The standard InChI is InChI=1S/C19H20N4O3/c1-3-8-23-9-6-16(22-23)19-14(5-4-7-20-19)13-26-17-11-21-18(25-2)10-15(17)12-24/h4-7,9-12H,3,8,13H2,1-2H3. The van der Waals surface area contributed by atoms with Crippen molar-refractivity contribution in [3.05, 3.63) is 54.0 Å². The predicted molar refractivity (Wildman–Crippen MR) is 96.3 cm³/mol. The molecule has 3 aromatic heterocycles. The van der Waals surface area contributed by atoms with E-state index in [1.54, 1.807) is 12.3 Å². The first-order valence-electron chi connectivity index (χ1n) is 8.35. The van der Waals surface area contributed by atoms with Crippen LogP contribution in [0.4, 0.5) is 0 Å². The average molecular weight is 352 g/mol. The maximum atomic E-state index is 11.3. The van der Waals surface area contributed by atoms with Crippen LogP contribution < -0.4 is 9.47 Å². The minimum absolute atomic E-state index is 0.249. The Kier molecular flexibility index (Phi) is 5.58. The number of aldehydes is 1. The van der Waals surface area contributed by atoms with Gasteiger partial charge in [0.25, 0.3) is 0 Å². The fraction of sp³-hybridized carbons (Fsp3) is 0.263. The summed E-state index contributed by atoms with van der Waals surface area (Å²) < 4.78 is 12.7. The molecule has 7 nitrogen and oxygen atoms in total. The van der Waals surface area contributed by atoms with Crippen molar-refractivity contribution in [3.63, 3.8) is 0 Å². The summed E-state index contributed by atoms with van der Waals surface area (Å²) >= 11 is 0. The zero-order valence-corrected chi connectivity index (χ0v) is 14.8. The van der Waals surface area contributed by atoms with Crippen LogP contribution in [0.2, 0.25) is 0 Å². The molecule has 3 rings (SSSR count). The van der Waals surface area contributed by atoms with E-state index in [0.29, 0.717) is 17.2 Å². The highest BCUT2D eigenvalue weighted by atomic mass is 16.5. The van der Waals surface area contributed by atoms with Gasteiger partial charge in [0.15, 0.2) is 6.29 Å². The second kappa shape index (κ2) is 8.24. The topological polar surface area (TPSA) is 79.1 Å². The van der Waals surface area contributed by atoms with Crippen molar-refractivity contribution in [1.29, 1.82) is 0 Å². The van der Waals surface area contributed by atoms with E-state index in [0.717, 1.165) is 36.2 Å². The summed E-state index contributed by atoms with van der Waals surface area (Å²) in [5.41, 5.74) is 2.81. The Balaban J connectivity index is 1.82. The molecule has 0 spiro atoms. The number of pyridine rings is 2. The van der Waals surface area contributed by atoms with Gasteiger partial charge in [-0.25, -0.2) is 4.98 Å². The largest absolute Gasteiger partial charge is 0.486 e. The second-order valence-corrected chi connectivity index (χ2v) is 5.65. The number of aromatic nitrogens is 4. The van der Waals surface area contributed by atoms with Crippen LogP contribution in [0, 0.1) is 0 Å². The van der Waals surface area contributed by atoms with Gasteiger partial charge < -0.3 is 9.47 Å². The normalized spacial score (nSPS) is 10.5. The van der Waals surface area contributed by atoms with Crippen LogP contribution in [0.3, 0.4) is 0 Å². The first-order chi connectivity index (χ1) is 12.7. The maximum Gasteiger partial charge on any atom is 0.213 e. The van der Waals surface area contributed by atoms with E-state index in [-0.39, 0.29) is 6.61 Å². The van der Waals surface area contributed by atoms with Gasteiger partial charge in [-0.05, 0) is 18.6 Å². The van der Waals surface area contributed by atoms with E-state index in [9.17, 15) is 4.79 Å². The summed E-state index contributed by atoms with van der Waals surface area (Å²) in [7, 11) is 1.50. The van der Waals surface area contributed by atoms with E-state index in [2.05, 4.69) is 22.0 Å². The summed E-state index contributed by atoms with van der Waals surface area (Å²) in [6.07, 6.45) is 6.88. The molecule has 0 unspecified atom stereocenters. The number of hydrogen-bond donors (Lipinski definition) is 0. The van der Waals surface area contributed by atoms with E-state index >= 15 is 0 Å². The smallest absolute Gasteiger partial charge is 0.213 e. The molecular weight excluding hydrogens is 332 g/mol. The molecule has 0 bridgehead atoms. The molecule has 0 fully saturated rings. The molecule has 0 N–H and O–H groups in total. The number of nitrogens with zero attached hydrogens (tertiary/aromatic N) is 4. The van der Waals surface area contributed by atoms with Gasteiger partial charge in [-0.2, -0.15) is 5.10 Å². The Hall–Kier alpha value is -3.22. The molecule has 7 heteroatoms. The number of rotatable bonds is 8. The lowest BCUT2D eigenvalue weighted by Gasteiger charge is -2.11. The second-order valence-electron chi connectivity index (χ2n) is 5.65. The van der Waals surface area contributed by atoms with Gasteiger partial charge in [0.05, 0.1) is 24.6 Å². The number of methoxy groups -OCH3 is 1. The van der Waals surface area contributed by atoms with Crippen LogP contribution in [0.15, 0.2) is 42.9 Å². The summed E-state index contributed by atoms with van der Waals surface area (Å²) in [5.74, 6) is 0.759. The highest BCUT2D eigenvalue weighted by Gasteiger charge is 2.12. The molecule has 0 aromatic carbocycles. The molecular formula is C19H20N4O3. The van der Waals surface area contributed by atoms with Crippen LogP contribution in [-0.4, -0.2) is 33.1 Å². The molecule has 134 valence electrons. The minimum atomic E-state index is 0.249. The maximum absolute atomic E-state index is 11.3. The number of carbonyl (C=O) groups is 1. The average Bonchev–Trinajstić information content (AvgIpc) is 3.15. The van der Waals surface area contributed by atoms with Crippen molar-refractivity contribution in [1.82, 2.24) is 19.7 Å². The Bertz CT molecular complexity index is 892. The number of ether oxygens (including phenoxy) is 2. The highest BCUT2D eigenvalue weighted by molar-refractivity contribution is 5.79. The SMILES string of the molecule is CCCn1ccc(-c2ncccc2COc2cnc(OC)cc2C=O)n1. The summed E-state index contributed by atoms with van der Waals surface area (Å²) in [6.45, 7) is 3.21. The highest BCUT2D eigenvalue weighted by Crippen LogP contribution is 2.24. The molecule has 3 heterocycles. The summed E-state index contributed by atoms with van der Waals surface area (Å²) in [4.78, 5) is 19.8. The van der Waals surface area contributed by atoms with Gasteiger partial charge >= 0.3 is 0 Å². The van der Waals surface area contributed by atoms with Crippen molar-refractivity contribution >= 4 is 6.29 Å². The summed E-state index contributed by atoms with van der Waals surface area (Å²) in [5, 5.41) is 4.56. The van der Waals surface area contributed by atoms with Crippen LogP contribution in [0.1, 0.15) is 29.3 Å². The molecule has 0 saturated heterocycles. The van der Waals surface area contributed by atoms with E-state index in [1.165, 1.54) is 13.3 Å². The first kappa shape index (κ1) is 17.6. The van der Waals surface area contributed by atoms with Crippen molar-refractivity contribution in [2.24, 2.45) is 0 Å². The van der Waals surface area contributed by atoms with E-state index < -0.39 is 0 Å². The Morgan fingerprint density at radius 1 is 1.27 bits per heavy atom. The minimum Gasteiger partial charge on any atom is -0.486 e. The zero-order valence-electron chi connectivity index (χ0n) is 14.8. The van der Waals surface area contributed by atoms with Gasteiger partial charge in [0, 0.05) is 30.6 Å². The molecule has 3 aromatic rings. The third kappa shape index (κ3) is 3.88. The van der Waals surface area contributed by atoms with Gasteiger partial charge in [0.1, 0.15) is 18.1 Å². The third-order valence-electron chi connectivity index (χ3n) is 3.82. The fourth-order valence-electron chi connectivity index (χ4n) is 2.55. The number of carbonyl (C=O) groups excluding carboxylic acids is 1. The van der Waals surface area contributed by atoms with Crippen molar-refractivity contribution < 1.29 is 14.3 Å². The number of hydrogen-bond acceptors (Lipinski definition) is 6. The van der Waals surface area contributed by atoms with Crippen LogP contribution >= 0.6 is 0 Å². The number of aryl methyl sites for hydroxylation is 1. The quantitative estimate of drug-likeness (QED) is 0.580. The Morgan fingerprint density at radius 3 is 2.92 bits per heavy atom. The van der Waals surface area contributed by atoms with Gasteiger partial charge in [0.2, 0.25) is 5.88 Å².